The third-order valence-electron chi connectivity index (χ3n) is 3.97. The van der Waals surface area contributed by atoms with Gasteiger partial charge < -0.3 is 10.6 Å². The molecule has 1 unspecified atom stereocenters. The van der Waals surface area contributed by atoms with Gasteiger partial charge in [-0.3, -0.25) is 4.98 Å². The van der Waals surface area contributed by atoms with Crippen LogP contribution in [0.15, 0.2) is 24.5 Å². The van der Waals surface area contributed by atoms with Crippen molar-refractivity contribution in [3.8, 4) is 0 Å². The number of hydrogen-bond acceptors (Lipinski definition) is 5. The van der Waals surface area contributed by atoms with Gasteiger partial charge in [-0.05, 0) is 36.0 Å². The molecule has 0 fully saturated rings. The summed E-state index contributed by atoms with van der Waals surface area (Å²) in [5, 5.41) is 1.06. The van der Waals surface area contributed by atoms with Crippen molar-refractivity contribution in [3.05, 3.63) is 40.7 Å². The average molecular weight is 302 g/mol. The summed E-state index contributed by atoms with van der Waals surface area (Å²) in [5.41, 5.74) is 9.02. The summed E-state index contributed by atoms with van der Waals surface area (Å²) >= 11 is 1.75. The zero-order chi connectivity index (χ0) is 15.0. The number of hydrogen-bond donors (Lipinski definition) is 1. The van der Waals surface area contributed by atoms with E-state index < -0.39 is 0 Å². The second-order valence-electron chi connectivity index (χ2n) is 6.67. The number of rotatable bonds is 3. The van der Waals surface area contributed by atoms with Crippen molar-refractivity contribution in [2.45, 2.75) is 39.3 Å². The maximum atomic E-state index is 6.33. The van der Waals surface area contributed by atoms with Crippen LogP contribution in [0.2, 0.25) is 0 Å². The van der Waals surface area contributed by atoms with E-state index >= 15 is 0 Å². The Kier molecular flexibility index (Phi) is 3.71. The number of fused-ring (bicyclic) bond motifs is 1. The van der Waals surface area contributed by atoms with Gasteiger partial charge in [0.15, 0.2) is 5.13 Å². The van der Waals surface area contributed by atoms with E-state index in [9.17, 15) is 0 Å². The lowest BCUT2D eigenvalue weighted by Gasteiger charge is -2.32. The van der Waals surface area contributed by atoms with Crippen molar-refractivity contribution >= 4 is 16.5 Å². The third-order valence-corrected chi connectivity index (χ3v) is 5.31. The molecule has 2 aromatic rings. The van der Waals surface area contributed by atoms with Gasteiger partial charge in [-0.25, -0.2) is 4.98 Å². The molecular weight excluding hydrogens is 280 g/mol. The molecule has 2 heterocycles. The lowest BCUT2D eigenvalue weighted by Crippen LogP contribution is -2.28. The summed E-state index contributed by atoms with van der Waals surface area (Å²) in [6, 6.07) is 4.21. The highest BCUT2D eigenvalue weighted by molar-refractivity contribution is 7.15. The zero-order valence-electron chi connectivity index (χ0n) is 12.8. The molecule has 1 atom stereocenters. The number of thiazole rings is 1. The zero-order valence-corrected chi connectivity index (χ0v) is 13.7. The Bertz CT molecular complexity index is 620. The molecule has 1 aliphatic rings. The van der Waals surface area contributed by atoms with Crippen molar-refractivity contribution < 1.29 is 0 Å². The fraction of sp³-hybridized carbons (Fsp3) is 0.500. The first-order chi connectivity index (χ1) is 9.94. The van der Waals surface area contributed by atoms with Crippen molar-refractivity contribution in [3.63, 3.8) is 0 Å². The Morgan fingerprint density at radius 2 is 2.10 bits per heavy atom. The molecule has 0 saturated heterocycles. The van der Waals surface area contributed by atoms with Crippen LogP contribution >= 0.6 is 11.3 Å². The molecule has 0 radical (unpaired) electrons. The first-order valence-electron chi connectivity index (χ1n) is 7.30. The molecule has 2 aromatic heterocycles. The number of nitrogens with zero attached hydrogens (tertiary/aromatic N) is 3. The lowest BCUT2D eigenvalue weighted by atomic mass is 9.77. The van der Waals surface area contributed by atoms with Gasteiger partial charge >= 0.3 is 0 Å². The van der Waals surface area contributed by atoms with E-state index in [1.807, 2.05) is 24.5 Å². The molecule has 5 heteroatoms. The van der Waals surface area contributed by atoms with Crippen LogP contribution < -0.4 is 10.6 Å². The fourth-order valence-electron chi connectivity index (χ4n) is 2.97. The van der Waals surface area contributed by atoms with Crippen LogP contribution in [0.25, 0.3) is 0 Å². The second kappa shape index (κ2) is 5.39. The number of nitrogens with two attached hydrogens (primary N) is 1. The van der Waals surface area contributed by atoms with Gasteiger partial charge in [-0.15, -0.1) is 0 Å². The molecule has 4 nitrogen and oxygen atoms in total. The highest BCUT2D eigenvalue weighted by Gasteiger charge is 2.33. The van der Waals surface area contributed by atoms with E-state index in [2.05, 4.69) is 30.8 Å². The van der Waals surface area contributed by atoms with Gasteiger partial charge in [-0.1, -0.05) is 25.2 Å². The number of aromatic nitrogens is 2. The Morgan fingerprint density at radius 3 is 2.81 bits per heavy atom. The molecule has 1 aliphatic carbocycles. The van der Waals surface area contributed by atoms with E-state index in [4.69, 9.17) is 10.7 Å². The number of pyridine rings is 1. The van der Waals surface area contributed by atoms with E-state index in [0.717, 1.165) is 24.5 Å². The Labute approximate surface area is 130 Å². The topological polar surface area (TPSA) is 55.0 Å². The molecule has 3 rings (SSSR count). The third kappa shape index (κ3) is 3.09. The summed E-state index contributed by atoms with van der Waals surface area (Å²) in [5.74, 6) is 0. The normalized spacial score (nSPS) is 20.1. The molecule has 0 aliphatic heterocycles. The van der Waals surface area contributed by atoms with Crippen LogP contribution in [0.1, 0.15) is 42.4 Å². The Balaban J connectivity index is 1.81. The highest BCUT2D eigenvalue weighted by Crippen LogP contribution is 2.43. The van der Waals surface area contributed by atoms with Crippen molar-refractivity contribution in [2.24, 2.45) is 11.1 Å². The first kappa shape index (κ1) is 14.5. The summed E-state index contributed by atoms with van der Waals surface area (Å²) in [6.45, 7) is 5.39. The van der Waals surface area contributed by atoms with E-state index in [1.54, 1.807) is 11.3 Å². The minimum atomic E-state index is 0.129. The quantitative estimate of drug-likeness (QED) is 0.946. The van der Waals surface area contributed by atoms with E-state index in [-0.39, 0.29) is 11.5 Å². The maximum absolute atomic E-state index is 6.33. The summed E-state index contributed by atoms with van der Waals surface area (Å²) < 4.78 is 0. The van der Waals surface area contributed by atoms with Crippen LogP contribution in [0.5, 0.6) is 0 Å². The van der Waals surface area contributed by atoms with E-state index in [1.165, 1.54) is 16.1 Å². The van der Waals surface area contributed by atoms with Gasteiger partial charge in [0, 0.05) is 36.9 Å². The Morgan fingerprint density at radius 1 is 1.38 bits per heavy atom. The predicted molar refractivity (Wildman–Crippen MR) is 87.5 cm³/mol. The van der Waals surface area contributed by atoms with Gasteiger partial charge in [-0.2, -0.15) is 0 Å². The van der Waals surface area contributed by atoms with Gasteiger partial charge in [0.2, 0.25) is 0 Å². The molecule has 21 heavy (non-hydrogen) atoms. The predicted octanol–water partition coefficient (Wildman–Crippen LogP) is 3.15. The first-order valence-corrected chi connectivity index (χ1v) is 8.11. The van der Waals surface area contributed by atoms with Crippen molar-refractivity contribution in [2.75, 3.05) is 11.9 Å². The standard InChI is InChI=1S/C16H22N4S/c1-16(2)8-12(17)14-13(9-16)19-15(21-14)20(3)10-11-4-6-18-7-5-11/h4-7,12H,8-10,17H2,1-3H3. The molecule has 112 valence electrons. The molecule has 0 aromatic carbocycles. The monoisotopic (exact) mass is 302 g/mol. The van der Waals surface area contributed by atoms with Crippen LogP contribution in [-0.4, -0.2) is 17.0 Å². The summed E-state index contributed by atoms with van der Waals surface area (Å²) in [4.78, 5) is 12.4. The van der Waals surface area contributed by atoms with Crippen molar-refractivity contribution in [1.82, 2.24) is 9.97 Å². The van der Waals surface area contributed by atoms with Gasteiger partial charge in [0.05, 0.1) is 5.69 Å². The van der Waals surface area contributed by atoms with Crippen LogP contribution in [0.4, 0.5) is 5.13 Å². The smallest absolute Gasteiger partial charge is 0.185 e. The second-order valence-corrected chi connectivity index (χ2v) is 7.68. The van der Waals surface area contributed by atoms with E-state index in [0.29, 0.717) is 0 Å². The molecule has 0 amide bonds. The summed E-state index contributed by atoms with van der Waals surface area (Å²) in [7, 11) is 2.08. The Hall–Kier alpha value is -1.46. The fourth-order valence-corrected chi connectivity index (χ4v) is 4.02. The average Bonchev–Trinajstić information content (AvgIpc) is 2.82. The lowest BCUT2D eigenvalue weighted by molar-refractivity contribution is 0.282. The molecule has 0 spiro atoms. The van der Waals surface area contributed by atoms with Crippen LogP contribution in [0.3, 0.4) is 0 Å². The number of anilines is 1. The molecular formula is C16H22N4S. The minimum absolute atomic E-state index is 0.129. The molecule has 0 bridgehead atoms. The van der Waals surface area contributed by atoms with Gasteiger partial charge in [0.1, 0.15) is 0 Å². The molecule has 2 N–H and O–H groups in total. The van der Waals surface area contributed by atoms with Gasteiger partial charge in [0.25, 0.3) is 0 Å². The van der Waals surface area contributed by atoms with Crippen molar-refractivity contribution in [1.29, 1.82) is 0 Å². The highest BCUT2D eigenvalue weighted by atomic mass is 32.1. The SMILES string of the molecule is CN(Cc1ccncc1)c1nc2c(s1)C(N)CC(C)(C)C2. The van der Waals surface area contributed by atoms with Crippen LogP contribution in [0, 0.1) is 5.41 Å². The molecule has 0 saturated carbocycles. The minimum Gasteiger partial charge on any atom is -0.347 e. The maximum Gasteiger partial charge on any atom is 0.185 e. The summed E-state index contributed by atoms with van der Waals surface area (Å²) in [6.07, 6.45) is 5.72. The van der Waals surface area contributed by atoms with Crippen LogP contribution in [-0.2, 0) is 13.0 Å². The largest absolute Gasteiger partial charge is 0.347 e.